The van der Waals surface area contributed by atoms with E-state index in [2.05, 4.69) is 10.2 Å². The second-order valence-electron chi connectivity index (χ2n) is 3.88. The van der Waals surface area contributed by atoms with Crippen molar-refractivity contribution in [2.75, 3.05) is 7.11 Å². The highest BCUT2D eigenvalue weighted by Gasteiger charge is 2.16. The van der Waals surface area contributed by atoms with Gasteiger partial charge in [-0.3, -0.25) is 9.89 Å². The lowest BCUT2D eigenvalue weighted by Gasteiger charge is -2.10. The maximum absolute atomic E-state index is 11.7. The van der Waals surface area contributed by atoms with Crippen LogP contribution in [-0.2, 0) is 0 Å². The molecule has 0 saturated heterocycles. The van der Waals surface area contributed by atoms with Crippen LogP contribution in [0.2, 0.25) is 0 Å². The molecule has 0 radical (unpaired) electrons. The van der Waals surface area contributed by atoms with E-state index in [0.717, 1.165) is 5.69 Å². The molecule has 2 rings (SSSR count). The van der Waals surface area contributed by atoms with E-state index in [9.17, 15) is 4.79 Å². The van der Waals surface area contributed by atoms with E-state index in [1.165, 1.54) is 14.0 Å². The van der Waals surface area contributed by atoms with Gasteiger partial charge in [0.05, 0.1) is 7.11 Å². The van der Waals surface area contributed by atoms with Gasteiger partial charge in [0.15, 0.2) is 5.78 Å². The molecule has 0 aliphatic rings. The molecule has 1 heterocycles. The van der Waals surface area contributed by atoms with Crippen molar-refractivity contribution < 1.29 is 14.3 Å². The number of aromatic amines is 1. The number of aryl methyl sites for hydroxylation is 1. The third-order valence-corrected chi connectivity index (χ3v) is 2.46. The van der Waals surface area contributed by atoms with Crippen LogP contribution in [0.1, 0.15) is 23.0 Å². The molecule has 18 heavy (non-hydrogen) atoms. The summed E-state index contributed by atoms with van der Waals surface area (Å²) in [6.45, 7) is 3.35. The highest BCUT2D eigenvalue weighted by Crippen LogP contribution is 2.31. The Balaban J connectivity index is 2.41. The minimum absolute atomic E-state index is 0.116. The van der Waals surface area contributed by atoms with E-state index in [1.54, 1.807) is 24.3 Å². The van der Waals surface area contributed by atoms with E-state index in [4.69, 9.17) is 9.47 Å². The molecule has 94 valence electrons. The van der Waals surface area contributed by atoms with Gasteiger partial charge in [0.1, 0.15) is 17.1 Å². The molecule has 1 aromatic carbocycles. The van der Waals surface area contributed by atoms with Gasteiger partial charge in [-0.25, -0.2) is 0 Å². The minimum atomic E-state index is -0.116. The summed E-state index contributed by atoms with van der Waals surface area (Å²) in [5.74, 6) is 1.23. The van der Waals surface area contributed by atoms with Crippen LogP contribution in [0.4, 0.5) is 0 Å². The largest absolute Gasteiger partial charge is 0.496 e. The van der Waals surface area contributed by atoms with Crippen molar-refractivity contribution in [2.45, 2.75) is 13.8 Å². The molecular weight excluding hydrogens is 232 g/mol. The number of rotatable bonds is 4. The van der Waals surface area contributed by atoms with Gasteiger partial charge in [-0.05, 0) is 26.0 Å². The number of Topliss-reactive ketones (excluding diaryl/α,β-unsaturated/α-hetero) is 1. The van der Waals surface area contributed by atoms with Crippen molar-refractivity contribution in [3.05, 3.63) is 35.5 Å². The number of ketones is 1. The molecule has 1 aromatic heterocycles. The Labute approximate surface area is 105 Å². The number of methoxy groups -OCH3 is 1. The number of ether oxygens (including phenoxy) is 2. The number of benzene rings is 1. The third kappa shape index (κ3) is 2.34. The first-order valence-corrected chi connectivity index (χ1v) is 5.49. The van der Waals surface area contributed by atoms with E-state index < -0.39 is 0 Å². The summed E-state index contributed by atoms with van der Waals surface area (Å²) in [5.41, 5.74) is 1.30. The highest BCUT2D eigenvalue weighted by molar-refractivity contribution is 5.99. The number of hydrogen-bond acceptors (Lipinski definition) is 4. The molecular formula is C13H14N2O3. The number of H-pyrrole nitrogens is 1. The lowest BCUT2D eigenvalue weighted by atomic mass is 10.1. The molecule has 0 fully saturated rings. The van der Waals surface area contributed by atoms with Crippen LogP contribution in [0, 0.1) is 6.92 Å². The van der Waals surface area contributed by atoms with Crippen LogP contribution in [0.5, 0.6) is 17.4 Å². The molecule has 0 spiro atoms. The Morgan fingerprint density at radius 1 is 1.33 bits per heavy atom. The average molecular weight is 246 g/mol. The summed E-state index contributed by atoms with van der Waals surface area (Å²) in [5, 5.41) is 6.74. The fraction of sp³-hybridized carbons (Fsp3) is 0.231. The molecule has 5 heteroatoms. The van der Waals surface area contributed by atoms with Gasteiger partial charge in [-0.2, -0.15) is 0 Å². The lowest BCUT2D eigenvalue weighted by molar-refractivity contribution is 0.101. The molecule has 0 atom stereocenters. The lowest BCUT2D eigenvalue weighted by Crippen LogP contribution is -2.01. The van der Waals surface area contributed by atoms with Crippen molar-refractivity contribution in [3.63, 3.8) is 0 Å². The first kappa shape index (κ1) is 12.2. The summed E-state index contributed by atoms with van der Waals surface area (Å²) >= 11 is 0. The third-order valence-electron chi connectivity index (χ3n) is 2.46. The van der Waals surface area contributed by atoms with Gasteiger partial charge in [-0.1, -0.05) is 6.07 Å². The van der Waals surface area contributed by atoms with E-state index in [-0.39, 0.29) is 5.78 Å². The first-order chi connectivity index (χ1) is 8.61. The van der Waals surface area contributed by atoms with E-state index in [0.29, 0.717) is 22.9 Å². The molecule has 2 aromatic rings. The Morgan fingerprint density at radius 2 is 2.06 bits per heavy atom. The van der Waals surface area contributed by atoms with Gasteiger partial charge < -0.3 is 9.47 Å². The monoisotopic (exact) mass is 246 g/mol. The van der Waals surface area contributed by atoms with Crippen molar-refractivity contribution in [2.24, 2.45) is 0 Å². The quantitative estimate of drug-likeness (QED) is 0.842. The number of hydrogen-bond donors (Lipinski definition) is 1. The van der Waals surface area contributed by atoms with E-state index in [1.807, 2.05) is 6.92 Å². The van der Waals surface area contributed by atoms with Crippen LogP contribution >= 0.6 is 0 Å². The fourth-order valence-corrected chi connectivity index (χ4v) is 1.67. The maximum atomic E-state index is 11.7. The molecule has 0 saturated carbocycles. The van der Waals surface area contributed by atoms with Crippen LogP contribution in [0.25, 0.3) is 0 Å². The average Bonchev–Trinajstić information content (AvgIpc) is 2.74. The predicted molar refractivity (Wildman–Crippen MR) is 66.4 cm³/mol. The van der Waals surface area contributed by atoms with Gasteiger partial charge in [0, 0.05) is 11.8 Å². The summed E-state index contributed by atoms with van der Waals surface area (Å²) in [6, 6.07) is 6.95. The SMILES string of the molecule is COc1cccc(Oc2cc(C)[nH]n2)c1C(C)=O. The smallest absolute Gasteiger partial charge is 0.238 e. The molecule has 0 aliphatic carbocycles. The fourth-order valence-electron chi connectivity index (χ4n) is 1.67. The summed E-state index contributed by atoms with van der Waals surface area (Å²) in [4.78, 5) is 11.7. The second kappa shape index (κ2) is 4.91. The topological polar surface area (TPSA) is 64.2 Å². The molecule has 0 aliphatic heterocycles. The van der Waals surface area contributed by atoms with Gasteiger partial charge in [0.25, 0.3) is 0 Å². The molecule has 0 bridgehead atoms. The van der Waals surface area contributed by atoms with Crippen LogP contribution in [0.3, 0.4) is 0 Å². The standard InChI is InChI=1S/C13H14N2O3/c1-8-7-12(15-14-8)18-11-6-4-5-10(17-3)13(11)9(2)16/h4-7H,1-3H3,(H,14,15). The second-order valence-corrected chi connectivity index (χ2v) is 3.88. The Hall–Kier alpha value is -2.30. The van der Waals surface area contributed by atoms with Crippen molar-refractivity contribution in [1.29, 1.82) is 0 Å². The summed E-state index contributed by atoms with van der Waals surface area (Å²) < 4.78 is 10.8. The Kier molecular flexibility index (Phi) is 3.32. The van der Waals surface area contributed by atoms with Crippen LogP contribution in [-0.4, -0.2) is 23.1 Å². The highest BCUT2D eigenvalue weighted by atomic mass is 16.5. The molecule has 0 unspecified atom stereocenters. The number of aromatic nitrogens is 2. The van der Waals surface area contributed by atoms with Crippen molar-refractivity contribution in [1.82, 2.24) is 10.2 Å². The summed E-state index contributed by atoms with van der Waals surface area (Å²) in [6.07, 6.45) is 0. The van der Waals surface area contributed by atoms with Gasteiger partial charge in [-0.15, -0.1) is 5.10 Å². The zero-order valence-corrected chi connectivity index (χ0v) is 10.5. The number of nitrogens with zero attached hydrogens (tertiary/aromatic N) is 1. The van der Waals surface area contributed by atoms with Crippen LogP contribution in [0.15, 0.2) is 24.3 Å². The number of carbonyl (C=O) groups is 1. The van der Waals surface area contributed by atoms with Gasteiger partial charge >= 0.3 is 0 Å². The van der Waals surface area contributed by atoms with Gasteiger partial charge in [0.2, 0.25) is 5.88 Å². The molecule has 1 N–H and O–H groups in total. The maximum Gasteiger partial charge on any atom is 0.238 e. The number of nitrogens with one attached hydrogen (secondary N) is 1. The Morgan fingerprint density at radius 3 is 2.61 bits per heavy atom. The first-order valence-electron chi connectivity index (χ1n) is 5.49. The number of carbonyl (C=O) groups excluding carboxylic acids is 1. The van der Waals surface area contributed by atoms with Crippen molar-refractivity contribution >= 4 is 5.78 Å². The zero-order valence-electron chi connectivity index (χ0n) is 10.5. The normalized spacial score (nSPS) is 10.2. The Bertz CT molecular complexity index is 575. The van der Waals surface area contributed by atoms with Crippen LogP contribution < -0.4 is 9.47 Å². The van der Waals surface area contributed by atoms with Crippen molar-refractivity contribution in [3.8, 4) is 17.4 Å². The van der Waals surface area contributed by atoms with E-state index >= 15 is 0 Å². The molecule has 0 amide bonds. The molecule has 5 nitrogen and oxygen atoms in total. The predicted octanol–water partition coefficient (Wildman–Crippen LogP) is 2.72. The zero-order chi connectivity index (χ0) is 13.1. The minimum Gasteiger partial charge on any atom is -0.496 e. The summed E-state index contributed by atoms with van der Waals surface area (Å²) in [7, 11) is 1.52.